The summed E-state index contributed by atoms with van der Waals surface area (Å²) in [5, 5.41) is 9.58. The Hall–Kier alpha value is -3.82. The van der Waals surface area contributed by atoms with E-state index in [1.807, 2.05) is 27.7 Å². The minimum atomic E-state index is -0.168. The monoisotopic (exact) mass is 492 g/mol. The summed E-state index contributed by atoms with van der Waals surface area (Å²) >= 11 is 0. The second-order valence-electron chi connectivity index (χ2n) is 9.19. The first kappa shape index (κ1) is 25.3. The molecule has 4 rings (SSSR count). The van der Waals surface area contributed by atoms with Crippen molar-refractivity contribution in [3.05, 3.63) is 46.0 Å². The zero-order chi connectivity index (χ0) is 26.0. The van der Waals surface area contributed by atoms with Gasteiger partial charge in [0.05, 0.1) is 33.3 Å². The molecule has 0 fully saturated rings. The fourth-order valence-electron chi connectivity index (χ4n) is 4.33. The predicted octanol–water partition coefficient (Wildman–Crippen LogP) is 4.13. The summed E-state index contributed by atoms with van der Waals surface area (Å²) in [7, 11) is 3.45. The first-order valence-corrected chi connectivity index (χ1v) is 12.3. The van der Waals surface area contributed by atoms with Crippen molar-refractivity contribution in [2.45, 2.75) is 53.4 Å². The van der Waals surface area contributed by atoms with Crippen LogP contribution in [0, 0.1) is 13.8 Å². The summed E-state index contributed by atoms with van der Waals surface area (Å²) in [6.45, 7) is 8.42. The van der Waals surface area contributed by atoms with Gasteiger partial charge in [0.2, 0.25) is 0 Å². The lowest BCUT2D eigenvalue weighted by Gasteiger charge is -2.23. The largest absolute Gasteiger partial charge is 0.340 e. The van der Waals surface area contributed by atoms with Gasteiger partial charge in [-0.2, -0.15) is 0 Å². The molecule has 190 valence electrons. The lowest BCUT2D eigenvalue weighted by Crippen LogP contribution is -2.37. The number of aryl methyl sites for hydroxylation is 4. The van der Waals surface area contributed by atoms with Crippen LogP contribution in [-0.2, 0) is 12.8 Å². The van der Waals surface area contributed by atoms with Gasteiger partial charge in [-0.3, -0.25) is 9.59 Å². The van der Waals surface area contributed by atoms with Gasteiger partial charge in [0.1, 0.15) is 0 Å². The Balaban J connectivity index is 1.53. The molecule has 0 saturated heterocycles. The lowest BCUT2D eigenvalue weighted by molar-refractivity contribution is 0.0720. The average molecular weight is 493 g/mol. The van der Waals surface area contributed by atoms with Gasteiger partial charge in [0, 0.05) is 38.6 Å². The minimum absolute atomic E-state index is 0.168. The molecule has 0 unspecified atom stereocenters. The van der Waals surface area contributed by atoms with Gasteiger partial charge >= 0.3 is 0 Å². The van der Waals surface area contributed by atoms with E-state index >= 15 is 0 Å². The minimum Gasteiger partial charge on any atom is -0.340 e. The SMILES string of the molecule is CCCc1noc2nc(C)cc(C(=O)N(C)CCN(C)C(=O)c3cc(C)nc4onc(CCC)c34)c12. The standard InChI is InChI=1S/C26H32N6O4/c1-7-9-19-21-17(13-15(3)27-23(21)35-29-19)25(33)31(5)11-12-32(6)26(34)18-14-16(4)28-24-22(18)20(10-8-2)30-36-24/h13-14H,7-12H2,1-6H3. The van der Waals surface area contributed by atoms with Crippen molar-refractivity contribution in [3.63, 3.8) is 0 Å². The van der Waals surface area contributed by atoms with E-state index in [0.29, 0.717) is 70.6 Å². The van der Waals surface area contributed by atoms with Crippen molar-refractivity contribution in [1.29, 1.82) is 0 Å². The molecule has 10 heteroatoms. The van der Waals surface area contributed by atoms with Gasteiger partial charge in [0.25, 0.3) is 23.2 Å². The zero-order valence-electron chi connectivity index (χ0n) is 21.7. The van der Waals surface area contributed by atoms with E-state index in [-0.39, 0.29) is 11.8 Å². The Labute approximate surface area is 209 Å². The quantitative estimate of drug-likeness (QED) is 0.342. The summed E-state index contributed by atoms with van der Waals surface area (Å²) in [5.41, 5.74) is 4.60. The molecule has 10 nitrogen and oxygen atoms in total. The third-order valence-electron chi connectivity index (χ3n) is 6.19. The van der Waals surface area contributed by atoms with Crippen LogP contribution in [0.25, 0.3) is 22.2 Å². The fourth-order valence-corrected chi connectivity index (χ4v) is 4.33. The molecule has 4 aromatic rings. The highest BCUT2D eigenvalue weighted by Crippen LogP contribution is 2.26. The predicted molar refractivity (Wildman–Crippen MR) is 135 cm³/mol. The summed E-state index contributed by atoms with van der Waals surface area (Å²) < 4.78 is 10.8. The summed E-state index contributed by atoms with van der Waals surface area (Å²) in [4.78, 5) is 38.8. The van der Waals surface area contributed by atoms with E-state index in [1.165, 1.54) is 0 Å². The fraction of sp³-hybridized carbons (Fsp3) is 0.462. The van der Waals surface area contributed by atoms with Gasteiger partial charge in [-0.15, -0.1) is 0 Å². The summed E-state index contributed by atoms with van der Waals surface area (Å²) in [5.74, 6) is -0.336. The molecule has 0 aliphatic heterocycles. The molecule has 4 heterocycles. The Kier molecular flexibility index (Phi) is 7.32. The lowest BCUT2D eigenvalue weighted by atomic mass is 10.1. The van der Waals surface area contributed by atoms with Crippen molar-refractivity contribution in [2.24, 2.45) is 0 Å². The third kappa shape index (κ3) is 4.80. The van der Waals surface area contributed by atoms with Crippen LogP contribution in [0.2, 0.25) is 0 Å². The molecule has 0 aromatic carbocycles. The van der Waals surface area contributed by atoms with Crippen molar-refractivity contribution in [1.82, 2.24) is 30.1 Å². The van der Waals surface area contributed by atoms with E-state index in [2.05, 4.69) is 20.3 Å². The molecule has 0 saturated carbocycles. The van der Waals surface area contributed by atoms with Crippen molar-refractivity contribution >= 4 is 34.0 Å². The van der Waals surface area contributed by atoms with E-state index in [4.69, 9.17) is 9.05 Å². The van der Waals surface area contributed by atoms with Gasteiger partial charge < -0.3 is 18.8 Å². The maximum atomic E-state index is 13.4. The molecule has 0 spiro atoms. The first-order valence-electron chi connectivity index (χ1n) is 12.3. The summed E-state index contributed by atoms with van der Waals surface area (Å²) in [6.07, 6.45) is 3.14. The molecule has 0 radical (unpaired) electrons. The highest BCUT2D eigenvalue weighted by Gasteiger charge is 2.24. The smallest absolute Gasteiger partial charge is 0.258 e. The first-order chi connectivity index (χ1) is 17.2. The molecular formula is C26H32N6O4. The van der Waals surface area contributed by atoms with Crippen LogP contribution in [0.1, 0.15) is 70.2 Å². The van der Waals surface area contributed by atoms with Gasteiger partial charge in [-0.05, 0) is 38.8 Å². The van der Waals surface area contributed by atoms with Crippen LogP contribution in [0.3, 0.4) is 0 Å². The highest BCUT2D eigenvalue weighted by atomic mass is 16.5. The number of pyridine rings is 2. The maximum Gasteiger partial charge on any atom is 0.258 e. The van der Waals surface area contributed by atoms with Crippen LogP contribution in [0.15, 0.2) is 21.2 Å². The Bertz CT molecular complexity index is 1320. The number of carbonyl (C=O) groups excluding carboxylic acids is 2. The number of carbonyl (C=O) groups is 2. The van der Waals surface area contributed by atoms with Crippen LogP contribution in [0.5, 0.6) is 0 Å². The molecule has 0 bridgehead atoms. The van der Waals surface area contributed by atoms with Crippen LogP contribution < -0.4 is 0 Å². The number of hydrogen-bond donors (Lipinski definition) is 0. The number of rotatable bonds is 9. The molecule has 0 N–H and O–H groups in total. The van der Waals surface area contributed by atoms with E-state index < -0.39 is 0 Å². The van der Waals surface area contributed by atoms with Gasteiger partial charge in [0.15, 0.2) is 0 Å². The normalized spacial score (nSPS) is 11.4. The van der Waals surface area contributed by atoms with Crippen molar-refractivity contribution in [3.8, 4) is 0 Å². The average Bonchev–Trinajstić information content (AvgIpc) is 3.44. The van der Waals surface area contributed by atoms with Crippen molar-refractivity contribution in [2.75, 3.05) is 27.2 Å². The second-order valence-corrected chi connectivity index (χ2v) is 9.19. The number of aromatic nitrogens is 4. The zero-order valence-corrected chi connectivity index (χ0v) is 21.7. The molecule has 0 aliphatic rings. The Morgan fingerprint density at radius 1 is 0.750 bits per heavy atom. The Morgan fingerprint density at radius 2 is 1.14 bits per heavy atom. The van der Waals surface area contributed by atoms with E-state index in [0.717, 1.165) is 24.2 Å². The van der Waals surface area contributed by atoms with Crippen molar-refractivity contribution < 1.29 is 18.6 Å². The summed E-state index contributed by atoms with van der Waals surface area (Å²) in [6, 6.07) is 3.54. The highest BCUT2D eigenvalue weighted by molar-refractivity contribution is 6.07. The molecule has 36 heavy (non-hydrogen) atoms. The molecule has 0 atom stereocenters. The van der Waals surface area contributed by atoms with Crippen LogP contribution >= 0.6 is 0 Å². The molecule has 0 aliphatic carbocycles. The topological polar surface area (TPSA) is 118 Å². The van der Waals surface area contributed by atoms with Gasteiger partial charge in [-0.1, -0.05) is 37.0 Å². The molecule has 4 aromatic heterocycles. The Morgan fingerprint density at radius 3 is 1.50 bits per heavy atom. The van der Waals surface area contributed by atoms with E-state index in [9.17, 15) is 9.59 Å². The van der Waals surface area contributed by atoms with Crippen LogP contribution in [-0.4, -0.2) is 69.1 Å². The van der Waals surface area contributed by atoms with Gasteiger partial charge in [-0.25, -0.2) is 9.97 Å². The number of likely N-dealkylation sites (N-methyl/N-ethyl adjacent to an activating group) is 2. The number of fused-ring (bicyclic) bond motifs is 2. The maximum absolute atomic E-state index is 13.4. The molecule has 2 amide bonds. The third-order valence-corrected chi connectivity index (χ3v) is 6.19. The van der Waals surface area contributed by atoms with E-state index in [1.54, 1.807) is 36.0 Å². The number of amides is 2. The number of hydrogen-bond acceptors (Lipinski definition) is 8. The number of nitrogens with zero attached hydrogens (tertiary/aromatic N) is 6. The van der Waals surface area contributed by atoms with Crippen LogP contribution in [0.4, 0.5) is 0 Å². The second kappa shape index (κ2) is 10.4. The molecular weight excluding hydrogens is 460 g/mol.